The van der Waals surface area contributed by atoms with Crippen molar-refractivity contribution in [2.45, 2.75) is 26.9 Å². The molecule has 2 aromatic heterocycles. The molecule has 1 atom stereocenters. The highest BCUT2D eigenvalue weighted by atomic mass is 16.3. The van der Waals surface area contributed by atoms with Crippen LogP contribution in [0.3, 0.4) is 0 Å². The molecule has 0 aliphatic heterocycles. The summed E-state index contributed by atoms with van der Waals surface area (Å²) >= 11 is 0. The van der Waals surface area contributed by atoms with Gasteiger partial charge in [0.05, 0.1) is 12.9 Å². The van der Waals surface area contributed by atoms with Gasteiger partial charge in [0.2, 0.25) is 0 Å². The largest absolute Gasteiger partial charge is 0.465 e. The highest BCUT2D eigenvalue weighted by Gasteiger charge is 2.03. The van der Waals surface area contributed by atoms with Crippen LogP contribution in [0.2, 0.25) is 0 Å². The van der Waals surface area contributed by atoms with Crippen molar-refractivity contribution in [2.75, 3.05) is 6.54 Å². The monoisotopic (exact) mass is 233 g/mol. The van der Waals surface area contributed by atoms with Crippen LogP contribution >= 0.6 is 0 Å². The SMILES string of the molecule is Cc1ccc(CNCC(C)Cn2ccnc2)o1. The second kappa shape index (κ2) is 5.68. The van der Waals surface area contributed by atoms with E-state index in [4.69, 9.17) is 4.42 Å². The molecule has 2 heterocycles. The fourth-order valence-electron chi connectivity index (χ4n) is 1.84. The van der Waals surface area contributed by atoms with Crippen molar-refractivity contribution in [1.82, 2.24) is 14.9 Å². The third kappa shape index (κ3) is 3.75. The van der Waals surface area contributed by atoms with E-state index >= 15 is 0 Å². The first-order valence-corrected chi connectivity index (χ1v) is 5.96. The molecular weight excluding hydrogens is 214 g/mol. The van der Waals surface area contributed by atoms with Gasteiger partial charge in [0.15, 0.2) is 0 Å². The van der Waals surface area contributed by atoms with Crippen molar-refractivity contribution in [3.05, 3.63) is 42.4 Å². The second-order valence-electron chi connectivity index (χ2n) is 4.51. The average Bonchev–Trinajstić information content (AvgIpc) is 2.90. The first-order valence-electron chi connectivity index (χ1n) is 5.96. The maximum atomic E-state index is 5.49. The van der Waals surface area contributed by atoms with Gasteiger partial charge in [-0.15, -0.1) is 0 Å². The van der Waals surface area contributed by atoms with Crippen LogP contribution in [-0.2, 0) is 13.1 Å². The minimum Gasteiger partial charge on any atom is -0.465 e. The minimum absolute atomic E-state index is 0.570. The molecule has 0 bridgehead atoms. The maximum absolute atomic E-state index is 5.49. The molecule has 4 nitrogen and oxygen atoms in total. The molecule has 0 radical (unpaired) electrons. The van der Waals surface area contributed by atoms with Crippen LogP contribution in [0, 0.1) is 12.8 Å². The molecule has 0 spiro atoms. The Morgan fingerprint density at radius 1 is 1.47 bits per heavy atom. The Hall–Kier alpha value is -1.55. The molecule has 1 N–H and O–H groups in total. The summed E-state index contributed by atoms with van der Waals surface area (Å²) in [5.41, 5.74) is 0. The summed E-state index contributed by atoms with van der Waals surface area (Å²) < 4.78 is 7.59. The predicted molar refractivity (Wildman–Crippen MR) is 66.5 cm³/mol. The number of nitrogens with zero attached hydrogens (tertiary/aromatic N) is 2. The molecule has 1 unspecified atom stereocenters. The van der Waals surface area contributed by atoms with E-state index in [1.165, 1.54) is 0 Å². The zero-order valence-electron chi connectivity index (χ0n) is 10.4. The smallest absolute Gasteiger partial charge is 0.117 e. The minimum atomic E-state index is 0.570. The molecule has 0 fully saturated rings. The normalized spacial score (nSPS) is 12.8. The Balaban J connectivity index is 1.68. The first kappa shape index (κ1) is 11.9. The van der Waals surface area contributed by atoms with E-state index in [1.807, 2.05) is 37.8 Å². The summed E-state index contributed by atoms with van der Waals surface area (Å²) in [6.45, 7) is 6.94. The quantitative estimate of drug-likeness (QED) is 0.832. The van der Waals surface area contributed by atoms with E-state index in [0.29, 0.717) is 5.92 Å². The Morgan fingerprint density at radius 2 is 2.35 bits per heavy atom. The average molecular weight is 233 g/mol. The van der Waals surface area contributed by atoms with Crippen molar-refractivity contribution in [2.24, 2.45) is 5.92 Å². The Morgan fingerprint density at radius 3 is 3.00 bits per heavy atom. The van der Waals surface area contributed by atoms with Gasteiger partial charge in [-0.05, 0) is 31.5 Å². The lowest BCUT2D eigenvalue weighted by Crippen LogP contribution is -2.23. The van der Waals surface area contributed by atoms with E-state index in [-0.39, 0.29) is 0 Å². The zero-order valence-corrected chi connectivity index (χ0v) is 10.4. The van der Waals surface area contributed by atoms with Gasteiger partial charge in [-0.3, -0.25) is 0 Å². The maximum Gasteiger partial charge on any atom is 0.117 e. The summed E-state index contributed by atoms with van der Waals surface area (Å²) in [7, 11) is 0. The Kier molecular flexibility index (Phi) is 3.98. The summed E-state index contributed by atoms with van der Waals surface area (Å²) in [6, 6.07) is 4.01. The van der Waals surface area contributed by atoms with E-state index < -0.39 is 0 Å². The molecule has 0 aliphatic rings. The van der Waals surface area contributed by atoms with Crippen LogP contribution in [0.1, 0.15) is 18.4 Å². The standard InChI is InChI=1S/C13H19N3O/c1-11(9-16-6-5-14-10-16)7-15-8-13-4-3-12(2)17-13/h3-6,10-11,15H,7-9H2,1-2H3. The van der Waals surface area contributed by atoms with E-state index in [1.54, 1.807) is 0 Å². The van der Waals surface area contributed by atoms with Gasteiger partial charge in [-0.25, -0.2) is 4.98 Å². The number of rotatable bonds is 6. The lowest BCUT2D eigenvalue weighted by molar-refractivity contribution is 0.415. The highest BCUT2D eigenvalue weighted by Crippen LogP contribution is 2.06. The number of aryl methyl sites for hydroxylation is 1. The van der Waals surface area contributed by atoms with Gasteiger partial charge in [0.25, 0.3) is 0 Å². The van der Waals surface area contributed by atoms with Gasteiger partial charge in [-0.2, -0.15) is 0 Å². The van der Waals surface area contributed by atoms with Crippen LogP contribution < -0.4 is 5.32 Å². The number of hydrogen-bond donors (Lipinski definition) is 1. The van der Waals surface area contributed by atoms with E-state index in [9.17, 15) is 0 Å². The number of imidazole rings is 1. The number of nitrogens with one attached hydrogen (secondary N) is 1. The third-order valence-corrected chi connectivity index (χ3v) is 2.67. The van der Waals surface area contributed by atoms with Crippen LogP contribution in [0.25, 0.3) is 0 Å². The summed E-state index contributed by atoms with van der Waals surface area (Å²) in [6.07, 6.45) is 5.66. The summed E-state index contributed by atoms with van der Waals surface area (Å²) in [5, 5.41) is 3.40. The molecule has 0 aromatic carbocycles. The Labute approximate surface area is 102 Å². The van der Waals surface area contributed by atoms with E-state index in [2.05, 4.69) is 21.8 Å². The molecular formula is C13H19N3O. The molecule has 92 valence electrons. The van der Waals surface area contributed by atoms with Crippen molar-refractivity contribution in [3.8, 4) is 0 Å². The summed E-state index contributed by atoms with van der Waals surface area (Å²) in [4.78, 5) is 4.03. The van der Waals surface area contributed by atoms with Crippen molar-refractivity contribution >= 4 is 0 Å². The number of furan rings is 1. The number of aromatic nitrogens is 2. The van der Waals surface area contributed by atoms with Crippen molar-refractivity contribution in [3.63, 3.8) is 0 Å². The lowest BCUT2D eigenvalue weighted by Gasteiger charge is -2.12. The molecule has 0 amide bonds. The Bertz CT molecular complexity index is 433. The van der Waals surface area contributed by atoms with Crippen LogP contribution in [0.15, 0.2) is 35.3 Å². The third-order valence-electron chi connectivity index (χ3n) is 2.67. The van der Waals surface area contributed by atoms with Gasteiger partial charge in [0.1, 0.15) is 11.5 Å². The van der Waals surface area contributed by atoms with E-state index in [0.717, 1.165) is 31.2 Å². The fourth-order valence-corrected chi connectivity index (χ4v) is 1.84. The molecule has 0 saturated heterocycles. The van der Waals surface area contributed by atoms with Crippen LogP contribution in [0.4, 0.5) is 0 Å². The molecule has 2 aromatic rings. The second-order valence-corrected chi connectivity index (χ2v) is 4.51. The molecule has 17 heavy (non-hydrogen) atoms. The lowest BCUT2D eigenvalue weighted by atomic mass is 10.2. The predicted octanol–water partition coefficient (Wildman–Crippen LogP) is 2.21. The van der Waals surface area contributed by atoms with Gasteiger partial charge in [0, 0.05) is 18.9 Å². The zero-order chi connectivity index (χ0) is 12.1. The van der Waals surface area contributed by atoms with Crippen LogP contribution in [-0.4, -0.2) is 16.1 Å². The summed E-state index contributed by atoms with van der Waals surface area (Å²) in [5.74, 6) is 2.53. The van der Waals surface area contributed by atoms with Gasteiger partial charge < -0.3 is 14.3 Å². The van der Waals surface area contributed by atoms with Crippen molar-refractivity contribution in [1.29, 1.82) is 0 Å². The molecule has 4 heteroatoms. The van der Waals surface area contributed by atoms with Gasteiger partial charge >= 0.3 is 0 Å². The van der Waals surface area contributed by atoms with Crippen LogP contribution in [0.5, 0.6) is 0 Å². The topological polar surface area (TPSA) is 43.0 Å². The molecule has 0 aliphatic carbocycles. The first-order chi connectivity index (χ1) is 8.24. The molecule has 0 saturated carbocycles. The van der Waals surface area contributed by atoms with Crippen molar-refractivity contribution < 1.29 is 4.42 Å². The highest BCUT2D eigenvalue weighted by molar-refractivity contribution is 5.05. The van der Waals surface area contributed by atoms with Gasteiger partial charge in [-0.1, -0.05) is 6.92 Å². The molecule has 2 rings (SSSR count). The number of hydrogen-bond acceptors (Lipinski definition) is 3. The fraction of sp³-hybridized carbons (Fsp3) is 0.462.